The Morgan fingerprint density at radius 3 is 2.41 bits per heavy atom. The molecule has 2 aliphatic heterocycles. The van der Waals surface area contributed by atoms with Gasteiger partial charge in [0.05, 0.1) is 13.2 Å². The molecule has 1 aliphatic carbocycles. The molecule has 0 bridgehead atoms. The largest absolute Gasteiger partial charge is 0.383 e. The number of hydrogen-bond acceptors (Lipinski definition) is 5. The lowest BCUT2D eigenvalue weighted by Gasteiger charge is -2.44. The molecule has 2 amide bonds. The lowest BCUT2D eigenvalue weighted by atomic mass is 9.83. The number of benzene rings is 1. The topological polar surface area (TPSA) is 62.3 Å². The molecule has 3 aliphatic rings. The van der Waals surface area contributed by atoms with Gasteiger partial charge in [-0.3, -0.25) is 19.4 Å². The monoisotopic (exact) mass is 447 g/mol. The van der Waals surface area contributed by atoms with Crippen LogP contribution in [0.3, 0.4) is 0 Å². The van der Waals surface area contributed by atoms with Crippen molar-refractivity contribution in [2.75, 3.05) is 53.0 Å². The van der Waals surface area contributed by atoms with Gasteiger partial charge in [0.2, 0.25) is 5.91 Å². The van der Waals surface area contributed by atoms with E-state index in [4.69, 9.17) is 9.47 Å². The highest BCUT2D eigenvalue weighted by atomic mass is 19.1. The van der Waals surface area contributed by atoms with E-state index in [-0.39, 0.29) is 24.2 Å². The molecule has 0 aromatic heterocycles. The Kier molecular flexibility index (Phi) is 7.12. The summed E-state index contributed by atoms with van der Waals surface area (Å²) in [6, 6.07) is 4.91. The Hall–Kier alpha value is -2.03. The van der Waals surface area contributed by atoms with Crippen LogP contribution >= 0.6 is 0 Å². The van der Waals surface area contributed by atoms with Crippen molar-refractivity contribution >= 4 is 11.8 Å². The maximum atomic E-state index is 13.6. The van der Waals surface area contributed by atoms with Crippen LogP contribution in [0.2, 0.25) is 0 Å². The highest BCUT2D eigenvalue weighted by Gasteiger charge is 2.54. The average molecular weight is 448 g/mol. The molecule has 4 rings (SSSR count). The van der Waals surface area contributed by atoms with E-state index in [1.165, 1.54) is 24.3 Å². The van der Waals surface area contributed by atoms with Gasteiger partial charge in [-0.15, -0.1) is 0 Å². The fraction of sp³-hybridized carbons (Fsp3) is 0.667. The lowest BCUT2D eigenvalue weighted by molar-refractivity contribution is -0.139. The number of amides is 2. The van der Waals surface area contributed by atoms with Gasteiger partial charge in [-0.25, -0.2) is 4.39 Å². The molecular formula is C24H34FN3O4. The molecule has 1 aromatic carbocycles. The smallest absolute Gasteiger partial charge is 0.256 e. The van der Waals surface area contributed by atoms with Crippen LogP contribution in [0, 0.1) is 11.7 Å². The molecule has 1 aromatic rings. The minimum absolute atomic E-state index is 0.0534. The molecule has 7 nitrogen and oxygen atoms in total. The Balaban J connectivity index is 1.53. The molecular weight excluding hydrogens is 413 g/mol. The molecule has 2 heterocycles. The second kappa shape index (κ2) is 9.85. The number of rotatable bonds is 5. The van der Waals surface area contributed by atoms with Gasteiger partial charge in [-0.05, 0) is 55.9 Å². The second-order valence-corrected chi connectivity index (χ2v) is 9.30. The molecule has 2 saturated heterocycles. The van der Waals surface area contributed by atoms with Gasteiger partial charge >= 0.3 is 0 Å². The van der Waals surface area contributed by atoms with Gasteiger partial charge in [0.25, 0.3) is 5.91 Å². The summed E-state index contributed by atoms with van der Waals surface area (Å²) in [6.07, 6.45) is 3.34. The van der Waals surface area contributed by atoms with Crippen LogP contribution in [0.4, 0.5) is 4.39 Å². The number of ether oxygens (including phenoxy) is 2. The predicted molar refractivity (Wildman–Crippen MR) is 118 cm³/mol. The Bertz CT molecular complexity index is 802. The van der Waals surface area contributed by atoms with E-state index in [1.807, 2.05) is 4.90 Å². The summed E-state index contributed by atoms with van der Waals surface area (Å²) in [6.45, 7) is 6.77. The van der Waals surface area contributed by atoms with Crippen molar-refractivity contribution < 1.29 is 23.5 Å². The van der Waals surface area contributed by atoms with Crippen LogP contribution in [-0.2, 0) is 14.3 Å². The molecule has 32 heavy (non-hydrogen) atoms. The van der Waals surface area contributed by atoms with Crippen molar-refractivity contribution in [2.24, 2.45) is 5.92 Å². The van der Waals surface area contributed by atoms with Gasteiger partial charge in [-0.1, -0.05) is 6.92 Å². The first-order valence-electron chi connectivity index (χ1n) is 11.7. The van der Waals surface area contributed by atoms with Gasteiger partial charge in [0, 0.05) is 45.4 Å². The normalized spacial score (nSPS) is 29.0. The molecule has 1 spiro atoms. The van der Waals surface area contributed by atoms with E-state index in [0.29, 0.717) is 31.2 Å². The van der Waals surface area contributed by atoms with Crippen LogP contribution in [-0.4, -0.2) is 91.3 Å². The standard InChI is InChI=1S/C24H34FN3O4/c1-18-7-9-24(10-8-18)28(22(29)19-3-5-20(25)6-4-19)21(17-32-24)23(30)27-13-11-26(12-14-27)15-16-31-2/h3-6,18,21H,7-17H2,1-2H3/t18?,21-,24?/m0/s1. The Morgan fingerprint density at radius 2 is 1.78 bits per heavy atom. The van der Waals surface area contributed by atoms with Crippen molar-refractivity contribution in [2.45, 2.75) is 44.4 Å². The van der Waals surface area contributed by atoms with E-state index in [1.54, 1.807) is 12.0 Å². The quantitative estimate of drug-likeness (QED) is 0.694. The zero-order chi connectivity index (χ0) is 22.7. The number of carbonyl (C=O) groups is 2. The predicted octanol–water partition coefficient (Wildman–Crippen LogP) is 2.36. The van der Waals surface area contributed by atoms with Crippen molar-refractivity contribution in [1.82, 2.24) is 14.7 Å². The number of carbonyl (C=O) groups excluding carboxylic acids is 2. The van der Waals surface area contributed by atoms with E-state index < -0.39 is 11.8 Å². The van der Waals surface area contributed by atoms with Crippen LogP contribution in [0.5, 0.6) is 0 Å². The first-order valence-corrected chi connectivity index (χ1v) is 11.7. The lowest BCUT2D eigenvalue weighted by Crippen LogP contribution is -2.59. The Labute approximate surface area is 189 Å². The van der Waals surface area contributed by atoms with Crippen molar-refractivity contribution in [3.05, 3.63) is 35.6 Å². The molecule has 0 radical (unpaired) electrons. The third-order valence-electron chi connectivity index (χ3n) is 7.21. The van der Waals surface area contributed by atoms with Crippen molar-refractivity contribution in [3.63, 3.8) is 0 Å². The fourth-order valence-corrected chi connectivity index (χ4v) is 5.12. The zero-order valence-electron chi connectivity index (χ0n) is 19.1. The molecule has 0 N–H and O–H groups in total. The first kappa shape index (κ1) is 23.1. The summed E-state index contributed by atoms with van der Waals surface area (Å²) < 4.78 is 24.9. The molecule has 1 atom stereocenters. The van der Waals surface area contributed by atoms with Crippen LogP contribution in [0.15, 0.2) is 24.3 Å². The third kappa shape index (κ3) is 4.67. The number of halogens is 1. The highest BCUT2D eigenvalue weighted by molar-refractivity contribution is 5.98. The molecule has 3 fully saturated rings. The maximum Gasteiger partial charge on any atom is 0.256 e. The summed E-state index contributed by atoms with van der Waals surface area (Å²) in [5.74, 6) is -0.127. The molecule has 0 unspecified atom stereocenters. The highest BCUT2D eigenvalue weighted by Crippen LogP contribution is 2.43. The number of nitrogens with zero attached hydrogens (tertiary/aromatic N) is 3. The number of methoxy groups -OCH3 is 1. The van der Waals surface area contributed by atoms with Gasteiger partial charge in [-0.2, -0.15) is 0 Å². The van der Waals surface area contributed by atoms with Gasteiger partial charge in [0.15, 0.2) is 0 Å². The summed E-state index contributed by atoms with van der Waals surface area (Å²) in [7, 11) is 1.69. The van der Waals surface area contributed by atoms with Gasteiger partial charge in [0.1, 0.15) is 17.6 Å². The SMILES string of the molecule is COCCN1CCN(C(=O)[C@@H]2COC3(CCC(C)CC3)N2C(=O)c2ccc(F)cc2)CC1. The minimum atomic E-state index is -0.751. The summed E-state index contributed by atoms with van der Waals surface area (Å²) in [5.41, 5.74) is -0.365. The Morgan fingerprint density at radius 1 is 1.12 bits per heavy atom. The van der Waals surface area contributed by atoms with Crippen molar-refractivity contribution in [1.29, 1.82) is 0 Å². The average Bonchev–Trinajstić information content (AvgIpc) is 3.18. The van der Waals surface area contributed by atoms with E-state index in [2.05, 4.69) is 11.8 Å². The number of piperazine rings is 1. The molecule has 8 heteroatoms. The zero-order valence-corrected chi connectivity index (χ0v) is 19.1. The van der Waals surface area contributed by atoms with E-state index in [0.717, 1.165) is 45.3 Å². The fourth-order valence-electron chi connectivity index (χ4n) is 5.12. The third-order valence-corrected chi connectivity index (χ3v) is 7.21. The summed E-state index contributed by atoms with van der Waals surface area (Å²) >= 11 is 0. The van der Waals surface area contributed by atoms with Crippen LogP contribution in [0.25, 0.3) is 0 Å². The second-order valence-electron chi connectivity index (χ2n) is 9.30. The summed E-state index contributed by atoms with van der Waals surface area (Å²) in [4.78, 5) is 33.0. The molecule has 1 saturated carbocycles. The summed E-state index contributed by atoms with van der Waals surface area (Å²) in [5, 5.41) is 0. The van der Waals surface area contributed by atoms with Gasteiger partial charge < -0.3 is 14.4 Å². The van der Waals surface area contributed by atoms with Crippen LogP contribution in [0.1, 0.15) is 43.0 Å². The first-order chi connectivity index (χ1) is 15.4. The van der Waals surface area contributed by atoms with E-state index >= 15 is 0 Å². The maximum absolute atomic E-state index is 13.6. The number of hydrogen-bond donors (Lipinski definition) is 0. The molecule has 176 valence electrons. The van der Waals surface area contributed by atoms with Crippen molar-refractivity contribution in [3.8, 4) is 0 Å². The van der Waals surface area contributed by atoms with E-state index in [9.17, 15) is 14.0 Å². The van der Waals surface area contributed by atoms with Crippen LogP contribution < -0.4 is 0 Å². The minimum Gasteiger partial charge on any atom is -0.383 e.